The van der Waals surface area contributed by atoms with Gasteiger partial charge < -0.3 is 9.30 Å². The second-order valence-electron chi connectivity index (χ2n) is 8.98. The third-order valence-electron chi connectivity index (χ3n) is 6.71. The third kappa shape index (κ3) is 3.30. The van der Waals surface area contributed by atoms with E-state index in [1.165, 1.54) is 5.52 Å². The predicted octanol–water partition coefficient (Wildman–Crippen LogP) is 3.73. The molecular formula is C24H27N7O. The van der Waals surface area contributed by atoms with Crippen molar-refractivity contribution in [2.24, 2.45) is 7.05 Å². The molecule has 1 aliphatic carbocycles. The number of aryl methyl sites for hydroxylation is 3. The lowest BCUT2D eigenvalue weighted by Gasteiger charge is -2.21. The van der Waals surface area contributed by atoms with Gasteiger partial charge in [0.15, 0.2) is 5.82 Å². The van der Waals surface area contributed by atoms with E-state index in [9.17, 15) is 0 Å². The largest absolute Gasteiger partial charge is 0.381 e. The third-order valence-corrected chi connectivity index (χ3v) is 6.71. The van der Waals surface area contributed by atoms with Gasteiger partial charge >= 0.3 is 0 Å². The van der Waals surface area contributed by atoms with E-state index in [1.807, 2.05) is 24.6 Å². The number of fused-ring (bicyclic) bond motifs is 1. The normalized spacial score (nSPS) is 21.3. The Kier molecular flexibility index (Phi) is 4.57. The summed E-state index contributed by atoms with van der Waals surface area (Å²) >= 11 is 0. The first-order valence-electron chi connectivity index (χ1n) is 11.4. The lowest BCUT2D eigenvalue weighted by Crippen LogP contribution is -2.19. The topological polar surface area (TPSA) is 83.5 Å². The van der Waals surface area contributed by atoms with Crippen LogP contribution in [0.2, 0.25) is 0 Å². The molecule has 6 rings (SSSR count). The smallest absolute Gasteiger partial charge is 0.159 e. The van der Waals surface area contributed by atoms with E-state index in [4.69, 9.17) is 29.8 Å². The number of hydrogen-bond donors (Lipinski definition) is 0. The van der Waals surface area contributed by atoms with Gasteiger partial charge in [-0.3, -0.25) is 0 Å². The molecule has 2 fully saturated rings. The lowest BCUT2D eigenvalue weighted by atomic mass is 9.99. The lowest BCUT2D eigenvalue weighted by molar-refractivity contribution is 0.0831. The van der Waals surface area contributed by atoms with Gasteiger partial charge in [-0.15, -0.1) is 5.10 Å². The van der Waals surface area contributed by atoms with Crippen LogP contribution in [0.1, 0.15) is 66.0 Å². The van der Waals surface area contributed by atoms with E-state index in [0.717, 1.165) is 72.8 Å². The first-order chi connectivity index (χ1) is 15.6. The molecule has 2 aliphatic rings. The summed E-state index contributed by atoms with van der Waals surface area (Å²) in [5.41, 5.74) is 3.29. The van der Waals surface area contributed by atoms with Crippen LogP contribution in [0.15, 0.2) is 30.3 Å². The summed E-state index contributed by atoms with van der Waals surface area (Å²) in [5.74, 6) is 5.53. The number of hydrogen-bond acceptors (Lipinski definition) is 6. The minimum absolute atomic E-state index is 0.345. The fourth-order valence-electron chi connectivity index (χ4n) is 5.00. The molecule has 2 atom stereocenters. The quantitative estimate of drug-likeness (QED) is 0.492. The van der Waals surface area contributed by atoms with Gasteiger partial charge in [-0.25, -0.2) is 19.9 Å². The molecule has 1 aliphatic heterocycles. The van der Waals surface area contributed by atoms with Crippen LogP contribution in [-0.2, 0) is 11.8 Å². The Hall–Kier alpha value is -3.13. The molecule has 164 valence electrons. The van der Waals surface area contributed by atoms with E-state index < -0.39 is 0 Å². The Labute approximate surface area is 186 Å². The Morgan fingerprint density at radius 1 is 0.906 bits per heavy atom. The molecule has 1 aromatic carbocycles. The summed E-state index contributed by atoms with van der Waals surface area (Å²) < 4.78 is 9.69. The number of aromatic nitrogens is 7. The maximum atomic E-state index is 5.55. The molecule has 4 heterocycles. The van der Waals surface area contributed by atoms with Crippen molar-refractivity contribution in [3.05, 3.63) is 59.3 Å². The maximum absolute atomic E-state index is 5.55. The summed E-state index contributed by atoms with van der Waals surface area (Å²) in [6.45, 7) is 5.44. The highest BCUT2D eigenvalue weighted by molar-refractivity contribution is 5.76. The van der Waals surface area contributed by atoms with Gasteiger partial charge in [0.2, 0.25) is 0 Å². The molecule has 0 spiro atoms. The van der Waals surface area contributed by atoms with Crippen LogP contribution < -0.4 is 0 Å². The van der Waals surface area contributed by atoms with E-state index in [2.05, 4.69) is 35.9 Å². The van der Waals surface area contributed by atoms with Crippen molar-refractivity contribution in [2.45, 2.75) is 50.9 Å². The van der Waals surface area contributed by atoms with Crippen molar-refractivity contribution in [2.75, 3.05) is 13.2 Å². The molecule has 4 aromatic rings. The van der Waals surface area contributed by atoms with Crippen LogP contribution in [0.5, 0.6) is 0 Å². The fourth-order valence-corrected chi connectivity index (χ4v) is 5.00. The first-order valence-corrected chi connectivity index (χ1v) is 11.4. The average molecular weight is 430 g/mol. The predicted molar refractivity (Wildman–Crippen MR) is 120 cm³/mol. The van der Waals surface area contributed by atoms with Gasteiger partial charge in [-0.05, 0) is 45.2 Å². The second-order valence-corrected chi connectivity index (χ2v) is 8.98. The molecular weight excluding hydrogens is 402 g/mol. The Balaban J connectivity index is 1.34. The molecule has 0 amide bonds. The number of ether oxygens (including phenoxy) is 1. The Bertz CT molecular complexity index is 1300. The van der Waals surface area contributed by atoms with E-state index in [1.54, 1.807) is 0 Å². The number of benzene rings is 1. The molecule has 0 unspecified atom stereocenters. The van der Waals surface area contributed by atoms with Gasteiger partial charge in [0, 0.05) is 44.1 Å². The average Bonchev–Trinajstić information content (AvgIpc) is 3.40. The number of imidazole rings is 1. The van der Waals surface area contributed by atoms with Crippen molar-refractivity contribution in [1.29, 1.82) is 0 Å². The zero-order valence-corrected chi connectivity index (χ0v) is 18.7. The van der Waals surface area contributed by atoms with Crippen LogP contribution in [0.4, 0.5) is 0 Å². The number of rotatable bonds is 4. The van der Waals surface area contributed by atoms with E-state index in [0.29, 0.717) is 17.8 Å². The van der Waals surface area contributed by atoms with Gasteiger partial charge in [-0.2, -0.15) is 4.68 Å². The van der Waals surface area contributed by atoms with Gasteiger partial charge in [-0.1, -0.05) is 12.1 Å². The molecule has 0 N–H and O–H groups in total. The minimum Gasteiger partial charge on any atom is -0.381 e. The summed E-state index contributed by atoms with van der Waals surface area (Å²) in [5, 5.41) is 4.70. The molecule has 3 aromatic heterocycles. The van der Waals surface area contributed by atoms with E-state index >= 15 is 0 Å². The van der Waals surface area contributed by atoms with Crippen LogP contribution in [0.3, 0.4) is 0 Å². The highest BCUT2D eigenvalue weighted by Gasteiger charge is 2.44. The molecule has 8 nitrogen and oxygen atoms in total. The SMILES string of the molecule is Cc1nc([C@@H]2C[C@H]2c2nc3ccccc3n2C)cc(-n2nc(C)nc2C2CCOCC2)n1. The number of para-hydroxylation sites is 2. The van der Waals surface area contributed by atoms with Crippen molar-refractivity contribution in [1.82, 2.24) is 34.3 Å². The van der Waals surface area contributed by atoms with Gasteiger partial charge in [0.05, 0.1) is 16.7 Å². The van der Waals surface area contributed by atoms with Crippen molar-refractivity contribution in [3.63, 3.8) is 0 Å². The highest BCUT2D eigenvalue weighted by Crippen LogP contribution is 2.54. The van der Waals surface area contributed by atoms with Gasteiger partial charge in [0.25, 0.3) is 0 Å². The van der Waals surface area contributed by atoms with Crippen LogP contribution in [-0.4, -0.2) is 47.5 Å². The minimum atomic E-state index is 0.345. The molecule has 1 saturated carbocycles. The van der Waals surface area contributed by atoms with Crippen molar-refractivity contribution < 1.29 is 4.74 Å². The number of nitrogens with zero attached hydrogens (tertiary/aromatic N) is 7. The zero-order chi connectivity index (χ0) is 21.8. The second kappa shape index (κ2) is 7.48. The molecule has 0 radical (unpaired) electrons. The summed E-state index contributed by atoms with van der Waals surface area (Å²) in [4.78, 5) is 19.2. The van der Waals surface area contributed by atoms with E-state index in [-0.39, 0.29) is 0 Å². The fraction of sp³-hybridized carbons (Fsp3) is 0.458. The van der Waals surface area contributed by atoms with Crippen LogP contribution in [0.25, 0.3) is 16.9 Å². The monoisotopic (exact) mass is 429 g/mol. The molecule has 8 heteroatoms. The highest BCUT2D eigenvalue weighted by atomic mass is 16.5. The standard InChI is InChI=1S/C24H27N7O/c1-14-25-20(17-12-18(17)24-28-19-6-4-5-7-21(19)30(24)3)13-22(26-14)31-23(27-15(2)29-31)16-8-10-32-11-9-16/h4-7,13,16-18H,8-12H2,1-3H3/t17-,18-/m1/s1. The van der Waals surface area contributed by atoms with Gasteiger partial charge in [0.1, 0.15) is 23.3 Å². The Morgan fingerprint density at radius 2 is 1.72 bits per heavy atom. The molecule has 1 saturated heterocycles. The first kappa shape index (κ1) is 19.5. The van der Waals surface area contributed by atoms with Crippen LogP contribution in [0, 0.1) is 13.8 Å². The Morgan fingerprint density at radius 3 is 2.53 bits per heavy atom. The summed E-state index contributed by atoms with van der Waals surface area (Å²) in [7, 11) is 2.11. The summed E-state index contributed by atoms with van der Waals surface area (Å²) in [6, 6.07) is 10.4. The maximum Gasteiger partial charge on any atom is 0.159 e. The van der Waals surface area contributed by atoms with Crippen molar-refractivity contribution >= 4 is 11.0 Å². The molecule has 32 heavy (non-hydrogen) atoms. The zero-order valence-electron chi connectivity index (χ0n) is 18.7. The van der Waals surface area contributed by atoms with Crippen LogP contribution >= 0.6 is 0 Å². The summed E-state index contributed by atoms with van der Waals surface area (Å²) in [6.07, 6.45) is 2.98. The van der Waals surface area contributed by atoms with Crippen molar-refractivity contribution in [3.8, 4) is 5.82 Å². The molecule has 0 bridgehead atoms.